The zero-order chi connectivity index (χ0) is 25.2. The van der Waals surface area contributed by atoms with Gasteiger partial charge in [0.15, 0.2) is 0 Å². The van der Waals surface area contributed by atoms with E-state index in [4.69, 9.17) is 0 Å². The first-order valence-electron chi connectivity index (χ1n) is 13.2. The van der Waals surface area contributed by atoms with Crippen LogP contribution in [0.1, 0.15) is 29.0 Å². The minimum absolute atomic E-state index is 0.274. The van der Waals surface area contributed by atoms with Crippen LogP contribution >= 0.6 is 0 Å². The first kappa shape index (κ1) is 21.4. The van der Waals surface area contributed by atoms with Gasteiger partial charge in [0.2, 0.25) is 0 Å². The molecule has 0 saturated heterocycles. The maximum atomic E-state index is 11.0. The van der Waals surface area contributed by atoms with E-state index in [0.29, 0.717) is 12.5 Å². The molecule has 8 rings (SSSR count). The lowest BCUT2D eigenvalue weighted by atomic mass is 9.84. The number of fused-ring (bicyclic) bond motifs is 5. The number of aromatic hydroxyl groups is 1. The Labute approximate surface area is 218 Å². The number of benzene rings is 5. The fourth-order valence-electron chi connectivity index (χ4n) is 6.53. The molecule has 2 heterocycles. The average molecular weight is 492 g/mol. The first-order valence-corrected chi connectivity index (χ1v) is 13.2. The van der Waals surface area contributed by atoms with Crippen molar-refractivity contribution in [2.75, 3.05) is 0 Å². The van der Waals surface area contributed by atoms with Crippen molar-refractivity contribution in [1.29, 1.82) is 0 Å². The Morgan fingerprint density at radius 1 is 0.789 bits per heavy atom. The summed E-state index contributed by atoms with van der Waals surface area (Å²) in [6.07, 6.45) is 6.44. The van der Waals surface area contributed by atoms with E-state index in [9.17, 15) is 5.11 Å². The lowest BCUT2D eigenvalue weighted by molar-refractivity contribution is 0.476. The van der Waals surface area contributed by atoms with E-state index in [1.165, 1.54) is 27.1 Å². The van der Waals surface area contributed by atoms with Crippen LogP contribution in [0.3, 0.4) is 0 Å². The third-order valence-electron chi connectivity index (χ3n) is 8.31. The molecule has 2 aliphatic rings. The molecular formula is C34H25N3O. The highest BCUT2D eigenvalue weighted by molar-refractivity contribution is 6.08. The van der Waals surface area contributed by atoms with Gasteiger partial charge in [0.25, 0.3) is 0 Å². The van der Waals surface area contributed by atoms with Crippen molar-refractivity contribution in [3.8, 4) is 5.75 Å². The van der Waals surface area contributed by atoms with Gasteiger partial charge in [0.05, 0.1) is 17.4 Å². The molecule has 4 nitrogen and oxygen atoms in total. The van der Waals surface area contributed by atoms with Crippen molar-refractivity contribution < 1.29 is 5.11 Å². The Kier molecular flexibility index (Phi) is 4.59. The SMILES string of the molecule is Oc1cc(=c2ccc3nccc4c3c2CNN=4)c2ccc3c4c(ccc3c2c1)CCC(c1ccccc1)C=4. The third kappa shape index (κ3) is 3.16. The number of hydrogen-bond acceptors (Lipinski definition) is 4. The second kappa shape index (κ2) is 8.15. The molecule has 182 valence electrons. The smallest absolute Gasteiger partial charge is 0.116 e. The molecular weight excluding hydrogens is 466 g/mol. The molecule has 1 aliphatic carbocycles. The predicted molar refractivity (Wildman–Crippen MR) is 152 cm³/mol. The number of nitrogens with one attached hydrogen (secondary N) is 1. The molecule has 1 atom stereocenters. The molecule has 0 spiro atoms. The van der Waals surface area contributed by atoms with Gasteiger partial charge in [0, 0.05) is 17.5 Å². The summed E-state index contributed by atoms with van der Waals surface area (Å²) < 4.78 is 0. The first-order chi connectivity index (χ1) is 18.7. The standard InChI is InChI=1S/C34H25N3O/c38-23-17-29-25-9-8-21-6-7-22(20-4-2-1-3-5-20)16-28(21)24(25)10-11-26(29)30(18-23)27-12-13-32-34-31(27)19-36-37-33(34)14-15-35-32/h1-5,8-18,22,36,38H,6-7,19H2. The molecule has 5 aromatic carbocycles. The highest BCUT2D eigenvalue weighted by atomic mass is 16.3. The van der Waals surface area contributed by atoms with E-state index >= 15 is 0 Å². The van der Waals surface area contributed by atoms with Crippen LogP contribution in [-0.2, 0) is 13.0 Å². The van der Waals surface area contributed by atoms with Gasteiger partial charge in [-0.25, -0.2) is 0 Å². The number of phenolic OH excluding ortho intramolecular Hbond substituents is 1. The van der Waals surface area contributed by atoms with Crippen LogP contribution < -0.4 is 16.0 Å². The molecule has 38 heavy (non-hydrogen) atoms. The lowest BCUT2D eigenvalue weighted by Crippen LogP contribution is -2.21. The van der Waals surface area contributed by atoms with Crippen LogP contribution in [0, 0.1) is 10.4 Å². The van der Waals surface area contributed by atoms with Gasteiger partial charge in [-0.1, -0.05) is 66.7 Å². The predicted octanol–water partition coefficient (Wildman–Crippen LogP) is 5.68. The Hall–Kier alpha value is -4.70. The van der Waals surface area contributed by atoms with Gasteiger partial charge >= 0.3 is 0 Å². The molecule has 0 fully saturated rings. The van der Waals surface area contributed by atoms with E-state index in [1.807, 2.05) is 18.2 Å². The number of pyridine rings is 1. The van der Waals surface area contributed by atoms with Gasteiger partial charge in [-0.3, -0.25) is 4.98 Å². The summed E-state index contributed by atoms with van der Waals surface area (Å²) in [5.41, 5.74) is 8.06. The van der Waals surface area contributed by atoms with Crippen molar-refractivity contribution in [1.82, 2.24) is 10.4 Å². The summed E-state index contributed by atoms with van der Waals surface area (Å²) in [4.78, 5) is 4.57. The van der Waals surface area contributed by atoms with Crippen LogP contribution in [0.5, 0.6) is 5.75 Å². The molecule has 0 bridgehead atoms. The van der Waals surface area contributed by atoms with Crippen molar-refractivity contribution in [2.45, 2.75) is 25.3 Å². The van der Waals surface area contributed by atoms with Crippen LogP contribution in [0.4, 0.5) is 0 Å². The monoisotopic (exact) mass is 491 g/mol. The number of hydrogen-bond donors (Lipinski definition) is 2. The fraction of sp³-hybridized carbons (Fsp3) is 0.118. The van der Waals surface area contributed by atoms with Crippen LogP contribution in [-0.4, -0.2) is 10.1 Å². The Balaban J connectivity index is 1.47. The molecule has 1 unspecified atom stereocenters. The van der Waals surface area contributed by atoms with E-state index in [0.717, 1.165) is 55.9 Å². The van der Waals surface area contributed by atoms with Gasteiger partial charge in [0.1, 0.15) is 5.75 Å². The fourth-order valence-corrected chi connectivity index (χ4v) is 6.53. The highest BCUT2D eigenvalue weighted by Gasteiger charge is 2.17. The van der Waals surface area contributed by atoms with Crippen LogP contribution in [0.15, 0.2) is 96.2 Å². The number of nitrogens with zero attached hydrogens (tertiary/aromatic N) is 2. The second-order valence-electron chi connectivity index (χ2n) is 10.4. The van der Waals surface area contributed by atoms with Gasteiger partial charge in [-0.2, -0.15) is 5.10 Å². The lowest BCUT2D eigenvalue weighted by Gasteiger charge is -2.20. The van der Waals surface area contributed by atoms with E-state index < -0.39 is 0 Å². The number of phenols is 1. The summed E-state index contributed by atoms with van der Waals surface area (Å²) in [6.45, 7) is 0.624. The summed E-state index contributed by atoms with van der Waals surface area (Å²) >= 11 is 0. The Bertz CT molecular complexity index is 2150. The van der Waals surface area contributed by atoms with E-state index in [2.05, 4.69) is 88.3 Å². The summed E-state index contributed by atoms with van der Waals surface area (Å²) in [5.74, 6) is 0.687. The van der Waals surface area contributed by atoms with E-state index in [-0.39, 0.29) is 5.75 Å². The van der Waals surface area contributed by atoms with Crippen LogP contribution in [0.25, 0.3) is 38.5 Å². The number of rotatable bonds is 1. The molecule has 4 heteroatoms. The van der Waals surface area contributed by atoms with Gasteiger partial charge < -0.3 is 10.5 Å². The molecule has 0 radical (unpaired) electrons. The van der Waals surface area contributed by atoms with Crippen molar-refractivity contribution in [2.24, 2.45) is 5.10 Å². The van der Waals surface area contributed by atoms with Gasteiger partial charge in [-0.15, -0.1) is 0 Å². The van der Waals surface area contributed by atoms with E-state index in [1.54, 1.807) is 6.20 Å². The average Bonchev–Trinajstić information content (AvgIpc) is 2.97. The number of aromatic nitrogens is 1. The second-order valence-corrected chi connectivity index (χ2v) is 10.4. The zero-order valence-electron chi connectivity index (χ0n) is 20.8. The molecule has 0 saturated carbocycles. The molecule has 2 N–H and O–H groups in total. The van der Waals surface area contributed by atoms with Crippen molar-refractivity contribution in [3.63, 3.8) is 0 Å². The van der Waals surface area contributed by atoms with Crippen LogP contribution in [0.2, 0.25) is 0 Å². The third-order valence-corrected chi connectivity index (χ3v) is 8.31. The molecule has 1 aliphatic heterocycles. The maximum Gasteiger partial charge on any atom is 0.116 e. The topological polar surface area (TPSA) is 57.5 Å². The molecule has 1 aromatic heterocycles. The number of aryl methyl sites for hydroxylation is 1. The van der Waals surface area contributed by atoms with Crippen molar-refractivity contribution >= 4 is 38.5 Å². The molecule has 6 aromatic rings. The highest BCUT2D eigenvalue weighted by Crippen LogP contribution is 2.32. The minimum atomic E-state index is 0.274. The zero-order valence-corrected chi connectivity index (χ0v) is 20.8. The Morgan fingerprint density at radius 3 is 2.58 bits per heavy atom. The van der Waals surface area contributed by atoms with Crippen molar-refractivity contribution in [3.05, 3.63) is 129 Å². The van der Waals surface area contributed by atoms with Gasteiger partial charge in [-0.05, 0) is 91.0 Å². The summed E-state index contributed by atoms with van der Waals surface area (Å²) in [6, 6.07) is 29.8. The maximum absolute atomic E-state index is 11.0. The minimum Gasteiger partial charge on any atom is -0.508 e. The molecule has 0 amide bonds. The summed E-state index contributed by atoms with van der Waals surface area (Å²) in [5, 5.41) is 25.5. The largest absolute Gasteiger partial charge is 0.508 e. The Morgan fingerprint density at radius 2 is 1.66 bits per heavy atom. The summed E-state index contributed by atoms with van der Waals surface area (Å²) in [7, 11) is 0. The quantitative estimate of drug-likeness (QED) is 0.291. The normalized spacial score (nSPS) is 17.0.